The maximum atomic E-state index is 11.3. The minimum absolute atomic E-state index is 0.00746. The Balaban J connectivity index is 3.65. The van der Waals surface area contributed by atoms with E-state index in [9.17, 15) is 9.59 Å². The molecule has 3 N–H and O–H groups in total. The van der Waals surface area contributed by atoms with Crippen LogP contribution in [0.15, 0.2) is 0 Å². The molecule has 16 heavy (non-hydrogen) atoms. The lowest BCUT2D eigenvalue weighted by Gasteiger charge is -2.14. The van der Waals surface area contributed by atoms with Crippen LogP contribution >= 0.6 is 0 Å². The van der Waals surface area contributed by atoms with Crippen LogP contribution in [0.2, 0.25) is 0 Å². The van der Waals surface area contributed by atoms with Crippen molar-refractivity contribution < 1.29 is 14.7 Å². The highest BCUT2D eigenvalue weighted by Gasteiger charge is 2.09. The molecule has 0 saturated carbocycles. The molecule has 0 aromatic rings. The van der Waals surface area contributed by atoms with Crippen LogP contribution in [0.1, 0.15) is 19.8 Å². The summed E-state index contributed by atoms with van der Waals surface area (Å²) in [5.74, 6) is -0.370. The Bertz CT molecular complexity index is 221. The molecule has 6 nitrogen and oxygen atoms in total. The minimum Gasteiger partial charge on any atom is -0.395 e. The molecule has 3 amide bonds. The van der Waals surface area contributed by atoms with Gasteiger partial charge in [-0.05, 0) is 13.5 Å². The molecule has 0 aliphatic heterocycles. The zero-order chi connectivity index (χ0) is 12.4. The average Bonchev–Trinajstić information content (AvgIpc) is 2.17. The van der Waals surface area contributed by atoms with Gasteiger partial charge in [-0.1, -0.05) is 13.3 Å². The first-order chi connectivity index (χ1) is 7.60. The number of amides is 3. The lowest BCUT2D eigenvalue weighted by molar-refractivity contribution is -0.120. The van der Waals surface area contributed by atoms with Crippen LogP contribution in [0.4, 0.5) is 4.79 Å². The van der Waals surface area contributed by atoms with Gasteiger partial charge in [0.15, 0.2) is 0 Å². The van der Waals surface area contributed by atoms with Crippen molar-refractivity contribution in [2.75, 3.05) is 33.3 Å². The number of hydrogen-bond donors (Lipinski definition) is 3. The maximum absolute atomic E-state index is 11.3. The molecule has 0 radical (unpaired) electrons. The Morgan fingerprint density at radius 3 is 2.62 bits per heavy atom. The summed E-state index contributed by atoms with van der Waals surface area (Å²) in [6.07, 6.45) is 1.89. The largest absolute Gasteiger partial charge is 0.395 e. The van der Waals surface area contributed by atoms with Crippen LogP contribution in [0, 0.1) is 0 Å². The van der Waals surface area contributed by atoms with Gasteiger partial charge < -0.3 is 10.4 Å². The molecule has 6 heteroatoms. The quantitative estimate of drug-likeness (QED) is 0.518. The molecular weight excluding hydrogens is 210 g/mol. The first kappa shape index (κ1) is 14.9. The third-order valence-corrected chi connectivity index (χ3v) is 1.96. The number of carbonyl (C=O) groups excluding carboxylic acids is 2. The van der Waals surface area contributed by atoms with Crippen LogP contribution in [0.3, 0.4) is 0 Å². The van der Waals surface area contributed by atoms with Crippen LogP contribution in [0.5, 0.6) is 0 Å². The van der Waals surface area contributed by atoms with Crippen molar-refractivity contribution in [2.24, 2.45) is 0 Å². The number of hydrogen-bond acceptors (Lipinski definition) is 4. The molecule has 0 spiro atoms. The number of aliphatic hydroxyl groups is 1. The van der Waals surface area contributed by atoms with Crippen LogP contribution in [-0.2, 0) is 4.79 Å². The van der Waals surface area contributed by atoms with E-state index in [1.54, 1.807) is 11.9 Å². The third-order valence-electron chi connectivity index (χ3n) is 1.96. The van der Waals surface area contributed by atoms with Crippen molar-refractivity contribution in [3.8, 4) is 0 Å². The van der Waals surface area contributed by atoms with E-state index in [0.29, 0.717) is 13.1 Å². The number of carbonyl (C=O) groups is 2. The molecule has 94 valence electrons. The Morgan fingerprint density at radius 2 is 2.06 bits per heavy atom. The zero-order valence-electron chi connectivity index (χ0n) is 9.95. The lowest BCUT2D eigenvalue weighted by Crippen LogP contribution is -2.44. The molecule has 0 aromatic heterocycles. The fourth-order valence-corrected chi connectivity index (χ4v) is 1.08. The van der Waals surface area contributed by atoms with Crippen molar-refractivity contribution in [3.63, 3.8) is 0 Å². The van der Waals surface area contributed by atoms with Gasteiger partial charge in [-0.2, -0.15) is 0 Å². The Morgan fingerprint density at radius 1 is 1.38 bits per heavy atom. The van der Waals surface area contributed by atoms with Gasteiger partial charge in [0.1, 0.15) is 0 Å². The van der Waals surface area contributed by atoms with Crippen molar-refractivity contribution in [1.82, 2.24) is 15.5 Å². The summed E-state index contributed by atoms with van der Waals surface area (Å²) in [6, 6.07) is -0.462. The van der Waals surface area contributed by atoms with Crippen molar-refractivity contribution in [3.05, 3.63) is 0 Å². The number of nitrogens with zero attached hydrogens (tertiary/aromatic N) is 1. The van der Waals surface area contributed by atoms with Crippen LogP contribution in [-0.4, -0.2) is 55.2 Å². The standard InChI is InChI=1S/C10H21N3O3/c1-3-4-5-11-10(16)12-9(15)8-13(2)6-7-14/h14H,3-8H2,1-2H3,(H2,11,12,15,16). The molecule has 0 rings (SSSR count). The van der Waals surface area contributed by atoms with Gasteiger partial charge in [0.2, 0.25) is 5.91 Å². The number of nitrogens with one attached hydrogen (secondary N) is 2. The summed E-state index contributed by atoms with van der Waals surface area (Å²) in [4.78, 5) is 24.1. The van der Waals surface area contributed by atoms with Gasteiger partial charge in [-0.3, -0.25) is 15.0 Å². The molecule has 0 unspecified atom stereocenters. The normalized spacial score (nSPS) is 10.2. The highest BCUT2D eigenvalue weighted by molar-refractivity contribution is 5.95. The smallest absolute Gasteiger partial charge is 0.321 e. The summed E-state index contributed by atoms with van der Waals surface area (Å²) in [6.45, 7) is 3.09. The van der Waals surface area contributed by atoms with Gasteiger partial charge >= 0.3 is 6.03 Å². The second-order valence-corrected chi connectivity index (χ2v) is 3.62. The van der Waals surface area contributed by atoms with Crippen molar-refractivity contribution >= 4 is 11.9 Å². The fraction of sp³-hybridized carbons (Fsp3) is 0.800. The molecule has 0 atom stereocenters. The highest BCUT2D eigenvalue weighted by Crippen LogP contribution is 1.83. The third kappa shape index (κ3) is 8.19. The highest BCUT2D eigenvalue weighted by atomic mass is 16.3. The molecule has 0 aliphatic rings. The second-order valence-electron chi connectivity index (χ2n) is 3.62. The SMILES string of the molecule is CCCCNC(=O)NC(=O)CN(C)CCO. The first-order valence-electron chi connectivity index (χ1n) is 5.47. The summed E-state index contributed by atoms with van der Waals surface area (Å²) in [5, 5.41) is 13.4. The Hall–Kier alpha value is -1.14. The van der Waals surface area contributed by atoms with E-state index in [0.717, 1.165) is 12.8 Å². The molecular formula is C10H21N3O3. The van der Waals surface area contributed by atoms with Gasteiger partial charge in [0.25, 0.3) is 0 Å². The number of imide groups is 1. The summed E-state index contributed by atoms with van der Waals surface area (Å²) < 4.78 is 0. The van der Waals surface area contributed by atoms with Gasteiger partial charge in [0, 0.05) is 13.1 Å². The van der Waals surface area contributed by atoms with E-state index in [2.05, 4.69) is 10.6 Å². The second kappa shape index (κ2) is 9.11. The van der Waals surface area contributed by atoms with E-state index in [-0.39, 0.29) is 19.1 Å². The topological polar surface area (TPSA) is 81.7 Å². The number of urea groups is 1. The Labute approximate surface area is 96.0 Å². The maximum Gasteiger partial charge on any atom is 0.321 e. The zero-order valence-corrected chi connectivity index (χ0v) is 9.95. The molecule has 0 fully saturated rings. The lowest BCUT2D eigenvalue weighted by atomic mass is 10.3. The number of likely N-dealkylation sites (N-methyl/N-ethyl adjacent to an activating group) is 1. The molecule has 0 aromatic carbocycles. The van der Waals surface area contributed by atoms with E-state index in [1.807, 2.05) is 6.92 Å². The molecule has 0 heterocycles. The predicted molar refractivity (Wildman–Crippen MR) is 61.0 cm³/mol. The molecule has 0 saturated heterocycles. The summed E-state index contributed by atoms with van der Waals surface area (Å²) in [7, 11) is 1.70. The Kier molecular flexibility index (Phi) is 8.46. The minimum atomic E-state index is -0.462. The van der Waals surface area contributed by atoms with Gasteiger partial charge in [-0.25, -0.2) is 4.79 Å². The van der Waals surface area contributed by atoms with Crippen molar-refractivity contribution in [1.29, 1.82) is 0 Å². The van der Waals surface area contributed by atoms with E-state index >= 15 is 0 Å². The van der Waals surface area contributed by atoms with Crippen LogP contribution < -0.4 is 10.6 Å². The van der Waals surface area contributed by atoms with E-state index in [1.165, 1.54) is 0 Å². The van der Waals surface area contributed by atoms with Gasteiger partial charge in [-0.15, -0.1) is 0 Å². The van der Waals surface area contributed by atoms with E-state index < -0.39 is 6.03 Å². The summed E-state index contributed by atoms with van der Waals surface area (Å²) in [5.41, 5.74) is 0. The molecule has 0 bridgehead atoms. The number of aliphatic hydroxyl groups excluding tert-OH is 1. The number of rotatable bonds is 7. The monoisotopic (exact) mass is 231 g/mol. The van der Waals surface area contributed by atoms with Gasteiger partial charge in [0.05, 0.1) is 13.2 Å². The fourth-order valence-electron chi connectivity index (χ4n) is 1.08. The molecule has 0 aliphatic carbocycles. The van der Waals surface area contributed by atoms with E-state index in [4.69, 9.17) is 5.11 Å². The number of unbranched alkanes of at least 4 members (excludes halogenated alkanes) is 1. The first-order valence-corrected chi connectivity index (χ1v) is 5.47. The van der Waals surface area contributed by atoms with Crippen LogP contribution in [0.25, 0.3) is 0 Å². The summed E-state index contributed by atoms with van der Waals surface area (Å²) >= 11 is 0. The predicted octanol–water partition coefficient (Wildman–Crippen LogP) is -0.464. The van der Waals surface area contributed by atoms with Crippen molar-refractivity contribution in [2.45, 2.75) is 19.8 Å². The average molecular weight is 231 g/mol.